The Hall–Kier alpha value is -4.59. The molecule has 31 heavy (non-hydrogen) atoms. The van der Waals surface area contributed by atoms with E-state index in [0.29, 0.717) is 5.69 Å². The lowest BCUT2D eigenvalue weighted by atomic mass is 10.1. The maximum atomic E-state index is 5.89. The number of nitrogens with zero attached hydrogens (tertiary/aromatic N) is 5. The minimum Gasteiger partial charge on any atom is -0.397 e. The van der Waals surface area contributed by atoms with E-state index < -0.39 is 0 Å². The van der Waals surface area contributed by atoms with Crippen molar-refractivity contribution in [3.63, 3.8) is 0 Å². The molecule has 0 atom stereocenters. The summed E-state index contributed by atoms with van der Waals surface area (Å²) >= 11 is 0. The van der Waals surface area contributed by atoms with Gasteiger partial charge in [0, 0.05) is 58.4 Å². The lowest BCUT2D eigenvalue weighted by Gasteiger charge is -2.02. The van der Waals surface area contributed by atoms with Crippen LogP contribution >= 0.6 is 0 Å². The number of fused-ring (bicyclic) bond motifs is 2. The summed E-state index contributed by atoms with van der Waals surface area (Å²) in [6, 6.07) is 11.8. The van der Waals surface area contributed by atoms with Gasteiger partial charge in [-0.15, -0.1) is 0 Å². The summed E-state index contributed by atoms with van der Waals surface area (Å²) in [5.74, 6) is 0. The van der Waals surface area contributed by atoms with E-state index in [2.05, 4.69) is 41.2 Å². The molecule has 0 saturated carbocycles. The van der Waals surface area contributed by atoms with Crippen LogP contribution in [0.25, 0.3) is 55.7 Å². The third-order valence-electron chi connectivity index (χ3n) is 5.26. The minimum absolute atomic E-state index is 0.596. The third-order valence-corrected chi connectivity index (χ3v) is 5.26. The zero-order valence-corrected chi connectivity index (χ0v) is 16.2. The van der Waals surface area contributed by atoms with Gasteiger partial charge in [0.25, 0.3) is 0 Å². The van der Waals surface area contributed by atoms with Crippen molar-refractivity contribution in [1.82, 2.24) is 35.1 Å². The van der Waals surface area contributed by atoms with Crippen LogP contribution in [-0.4, -0.2) is 35.1 Å². The summed E-state index contributed by atoms with van der Waals surface area (Å²) in [7, 11) is 0. The summed E-state index contributed by atoms with van der Waals surface area (Å²) in [4.78, 5) is 20.9. The van der Waals surface area contributed by atoms with E-state index in [1.54, 1.807) is 37.2 Å². The van der Waals surface area contributed by atoms with Crippen LogP contribution < -0.4 is 5.73 Å². The van der Waals surface area contributed by atoms with Crippen LogP contribution in [-0.2, 0) is 0 Å². The van der Waals surface area contributed by atoms with Gasteiger partial charge in [-0.25, -0.2) is 0 Å². The molecule has 0 unspecified atom stereocenters. The van der Waals surface area contributed by atoms with E-state index in [1.807, 2.05) is 30.3 Å². The molecule has 0 bridgehead atoms. The van der Waals surface area contributed by atoms with Gasteiger partial charge >= 0.3 is 0 Å². The number of hydrogen-bond acceptors (Lipinski definition) is 6. The van der Waals surface area contributed by atoms with Crippen molar-refractivity contribution >= 4 is 27.5 Å². The van der Waals surface area contributed by atoms with E-state index in [4.69, 9.17) is 5.73 Å². The Morgan fingerprint density at radius 1 is 0.710 bits per heavy atom. The Morgan fingerprint density at radius 2 is 1.58 bits per heavy atom. The van der Waals surface area contributed by atoms with Crippen LogP contribution in [0.15, 0.2) is 73.6 Å². The number of hydrogen-bond donors (Lipinski definition) is 3. The number of pyridine rings is 4. The first kappa shape index (κ1) is 17.3. The molecule has 0 saturated heterocycles. The lowest BCUT2D eigenvalue weighted by molar-refractivity contribution is 1.11. The van der Waals surface area contributed by atoms with Crippen LogP contribution in [0.3, 0.4) is 0 Å². The molecule has 6 aromatic rings. The highest BCUT2D eigenvalue weighted by Crippen LogP contribution is 2.33. The van der Waals surface area contributed by atoms with Gasteiger partial charge in [-0.2, -0.15) is 5.10 Å². The standard InChI is InChI=1S/C23H16N8/c24-15-7-14(10-26-11-15)19-8-17-21(12-28-19)30-31-23(17)20-9-16-18(29-20)3-6-27-22(16)13-1-4-25-5-2-13/h1-12,29H,24H2,(H,30,31). The van der Waals surface area contributed by atoms with Crippen LogP contribution in [0.1, 0.15) is 0 Å². The second-order valence-electron chi connectivity index (χ2n) is 7.23. The van der Waals surface area contributed by atoms with Crippen molar-refractivity contribution in [2.45, 2.75) is 0 Å². The first-order chi connectivity index (χ1) is 15.3. The Balaban J connectivity index is 1.51. The number of H-pyrrole nitrogens is 2. The van der Waals surface area contributed by atoms with Gasteiger partial charge in [-0.1, -0.05) is 0 Å². The molecule has 8 heteroatoms. The largest absolute Gasteiger partial charge is 0.397 e. The van der Waals surface area contributed by atoms with Crippen LogP contribution in [0.2, 0.25) is 0 Å². The lowest BCUT2D eigenvalue weighted by Crippen LogP contribution is -1.89. The monoisotopic (exact) mass is 404 g/mol. The van der Waals surface area contributed by atoms with Crippen molar-refractivity contribution in [3.8, 4) is 33.9 Å². The van der Waals surface area contributed by atoms with Crippen molar-refractivity contribution in [2.75, 3.05) is 5.73 Å². The van der Waals surface area contributed by atoms with Gasteiger partial charge in [-0.05, 0) is 36.4 Å². The molecule has 6 aromatic heterocycles. The number of aromatic nitrogens is 7. The number of aromatic amines is 2. The Bertz CT molecular complexity index is 1550. The molecule has 0 aliphatic heterocycles. The summed E-state index contributed by atoms with van der Waals surface area (Å²) < 4.78 is 0. The molecular formula is C23H16N8. The normalized spacial score (nSPS) is 11.4. The highest BCUT2D eigenvalue weighted by molar-refractivity contribution is 6.00. The van der Waals surface area contributed by atoms with Gasteiger partial charge in [0.15, 0.2) is 0 Å². The van der Waals surface area contributed by atoms with E-state index in [0.717, 1.165) is 55.7 Å². The topological polar surface area (TPSA) is 122 Å². The number of rotatable bonds is 3. The fourth-order valence-electron chi connectivity index (χ4n) is 3.80. The smallest absolute Gasteiger partial charge is 0.116 e. The minimum atomic E-state index is 0.596. The molecule has 0 fully saturated rings. The average Bonchev–Trinajstić information content (AvgIpc) is 3.43. The van der Waals surface area contributed by atoms with Crippen LogP contribution in [0.5, 0.6) is 0 Å². The van der Waals surface area contributed by atoms with E-state index in [9.17, 15) is 0 Å². The zero-order chi connectivity index (χ0) is 20.8. The Labute approximate surface area is 176 Å². The highest BCUT2D eigenvalue weighted by atomic mass is 15.1. The average molecular weight is 404 g/mol. The second-order valence-corrected chi connectivity index (χ2v) is 7.23. The third kappa shape index (κ3) is 2.89. The van der Waals surface area contributed by atoms with E-state index in [1.165, 1.54) is 0 Å². The van der Waals surface area contributed by atoms with Gasteiger partial charge < -0.3 is 10.7 Å². The quantitative estimate of drug-likeness (QED) is 0.406. The second kappa shape index (κ2) is 6.74. The van der Waals surface area contributed by atoms with E-state index >= 15 is 0 Å². The SMILES string of the molecule is Nc1cncc(-c2cc3c(-c4cc5c(-c6ccncc6)nccc5[nH]4)n[nH]c3cn2)c1. The maximum absolute atomic E-state index is 5.89. The summed E-state index contributed by atoms with van der Waals surface area (Å²) in [6.07, 6.45) is 10.5. The molecular weight excluding hydrogens is 388 g/mol. The first-order valence-corrected chi connectivity index (χ1v) is 9.70. The zero-order valence-electron chi connectivity index (χ0n) is 16.2. The molecule has 0 radical (unpaired) electrons. The molecule has 4 N–H and O–H groups in total. The number of nitrogens with one attached hydrogen (secondary N) is 2. The van der Waals surface area contributed by atoms with Gasteiger partial charge in [-0.3, -0.25) is 25.0 Å². The van der Waals surface area contributed by atoms with Crippen molar-refractivity contribution in [3.05, 3.63) is 73.6 Å². The number of nitrogen functional groups attached to an aromatic ring is 1. The van der Waals surface area contributed by atoms with Crippen LogP contribution in [0, 0.1) is 0 Å². The van der Waals surface area contributed by atoms with Gasteiger partial charge in [0.2, 0.25) is 0 Å². The number of anilines is 1. The molecule has 148 valence electrons. The first-order valence-electron chi connectivity index (χ1n) is 9.70. The summed E-state index contributed by atoms with van der Waals surface area (Å²) in [6.45, 7) is 0. The molecule has 0 aliphatic rings. The summed E-state index contributed by atoms with van der Waals surface area (Å²) in [5.41, 5.74) is 13.6. The number of nitrogens with two attached hydrogens (primary N) is 1. The fourth-order valence-corrected chi connectivity index (χ4v) is 3.80. The van der Waals surface area contributed by atoms with Gasteiger partial charge in [0.1, 0.15) is 5.69 Å². The maximum Gasteiger partial charge on any atom is 0.116 e. The van der Waals surface area contributed by atoms with E-state index in [-0.39, 0.29) is 0 Å². The van der Waals surface area contributed by atoms with Crippen LogP contribution in [0.4, 0.5) is 5.69 Å². The Kier molecular flexibility index (Phi) is 3.76. The van der Waals surface area contributed by atoms with Crippen molar-refractivity contribution in [1.29, 1.82) is 0 Å². The molecule has 0 aliphatic carbocycles. The van der Waals surface area contributed by atoms with Gasteiger partial charge in [0.05, 0.1) is 34.5 Å². The predicted octanol–water partition coefficient (Wildman–Crippen LogP) is 4.21. The predicted molar refractivity (Wildman–Crippen MR) is 120 cm³/mol. The molecule has 0 amide bonds. The molecule has 6 rings (SSSR count). The Morgan fingerprint density at radius 3 is 2.45 bits per heavy atom. The highest BCUT2D eigenvalue weighted by Gasteiger charge is 2.15. The molecule has 0 spiro atoms. The molecule has 8 nitrogen and oxygen atoms in total. The molecule has 6 heterocycles. The fraction of sp³-hybridized carbons (Fsp3) is 0. The van der Waals surface area contributed by atoms with Crippen molar-refractivity contribution in [2.24, 2.45) is 0 Å². The molecule has 0 aromatic carbocycles. The van der Waals surface area contributed by atoms with Crippen molar-refractivity contribution < 1.29 is 0 Å². The summed E-state index contributed by atoms with van der Waals surface area (Å²) in [5, 5.41) is 9.60.